The molecule has 2 rings (SSSR count). The molecule has 0 aliphatic carbocycles. The average molecular weight is 318 g/mol. The number of hydrogen-bond acceptors (Lipinski definition) is 4. The Balaban J connectivity index is 1.91. The first-order chi connectivity index (χ1) is 10.6. The van der Waals surface area contributed by atoms with Gasteiger partial charge in [-0.05, 0) is 35.7 Å². The second-order valence-corrected chi connectivity index (χ2v) is 5.22. The number of carboxylic acids is 1. The van der Waals surface area contributed by atoms with Gasteiger partial charge in [-0.3, -0.25) is 14.4 Å². The highest BCUT2D eigenvalue weighted by Gasteiger charge is 2.08. The fourth-order valence-corrected chi connectivity index (χ4v) is 2.32. The number of benzene rings is 1. The van der Waals surface area contributed by atoms with Gasteiger partial charge >= 0.3 is 5.97 Å². The maximum atomic E-state index is 11.9. The first kappa shape index (κ1) is 15.7. The van der Waals surface area contributed by atoms with Gasteiger partial charge in [0, 0.05) is 23.2 Å². The van der Waals surface area contributed by atoms with Crippen molar-refractivity contribution < 1.29 is 19.5 Å². The van der Waals surface area contributed by atoms with E-state index < -0.39 is 5.97 Å². The van der Waals surface area contributed by atoms with E-state index in [-0.39, 0.29) is 24.8 Å². The molecule has 3 N–H and O–H groups in total. The van der Waals surface area contributed by atoms with Crippen molar-refractivity contribution in [3.63, 3.8) is 0 Å². The van der Waals surface area contributed by atoms with Crippen molar-refractivity contribution in [2.45, 2.75) is 6.42 Å². The Morgan fingerprint density at radius 2 is 1.73 bits per heavy atom. The lowest BCUT2D eigenvalue weighted by atomic mass is 10.2. The largest absolute Gasteiger partial charge is 0.481 e. The van der Waals surface area contributed by atoms with Crippen LogP contribution in [0.5, 0.6) is 0 Å². The minimum Gasteiger partial charge on any atom is -0.481 e. The van der Waals surface area contributed by atoms with E-state index in [0.29, 0.717) is 16.8 Å². The topological polar surface area (TPSA) is 95.5 Å². The summed E-state index contributed by atoms with van der Waals surface area (Å²) in [5.41, 5.74) is 1.57. The van der Waals surface area contributed by atoms with Gasteiger partial charge in [-0.25, -0.2) is 0 Å². The molecule has 6 nitrogen and oxygen atoms in total. The zero-order valence-electron chi connectivity index (χ0n) is 11.5. The van der Waals surface area contributed by atoms with Crippen LogP contribution in [-0.4, -0.2) is 29.4 Å². The molecule has 0 unspecified atom stereocenters. The van der Waals surface area contributed by atoms with Crippen LogP contribution in [0.4, 0.5) is 5.69 Å². The molecule has 0 spiro atoms. The Bertz CT molecular complexity index is 665. The molecule has 1 aromatic heterocycles. The van der Waals surface area contributed by atoms with Gasteiger partial charge in [-0.2, -0.15) is 11.3 Å². The average Bonchev–Trinajstić information content (AvgIpc) is 3.02. The van der Waals surface area contributed by atoms with Gasteiger partial charge < -0.3 is 15.7 Å². The molecule has 0 atom stereocenters. The molecule has 7 heteroatoms. The van der Waals surface area contributed by atoms with E-state index in [1.807, 2.05) is 5.38 Å². The van der Waals surface area contributed by atoms with Gasteiger partial charge in [0.15, 0.2) is 0 Å². The zero-order chi connectivity index (χ0) is 15.9. The number of nitrogens with one attached hydrogen (secondary N) is 2. The number of aliphatic carboxylic acids is 1. The van der Waals surface area contributed by atoms with Crippen molar-refractivity contribution in [2.75, 3.05) is 11.9 Å². The van der Waals surface area contributed by atoms with Crippen molar-refractivity contribution in [3.05, 3.63) is 52.2 Å². The molecule has 0 saturated heterocycles. The molecule has 0 aliphatic rings. The summed E-state index contributed by atoms with van der Waals surface area (Å²) >= 11 is 1.44. The van der Waals surface area contributed by atoms with Crippen LogP contribution in [0.3, 0.4) is 0 Å². The smallest absolute Gasteiger partial charge is 0.305 e. The zero-order valence-corrected chi connectivity index (χ0v) is 12.4. The van der Waals surface area contributed by atoms with Crippen LogP contribution in [0.15, 0.2) is 41.1 Å². The summed E-state index contributed by atoms with van der Waals surface area (Å²) < 4.78 is 0. The second kappa shape index (κ2) is 7.37. The van der Waals surface area contributed by atoms with E-state index in [0.717, 1.165) is 0 Å². The lowest BCUT2D eigenvalue weighted by Crippen LogP contribution is -2.25. The molecule has 2 aromatic rings. The third kappa shape index (κ3) is 4.42. The molecule has 1 aromatic carbocycles. The van der Waals surface area contributed by atoms with Gasteiger partial charge in [-0.15, -0.1) is 0 Å². The molecular formula is C15H14N2O4S. The molecule has 0 fully saturated rings. The molecular weight excluding hydrogens is 304 g/mol. The van der Waals surface area contributed by atoms with Crippen molar-refractivity contribution in [1.29, 1.82) is 0 Å². The monoisotopic (exact) mass is 318 g/mol. The fourth-order valence-electron chi connectivity index (χ4n) is 1.69. The Kier molecular flexibility index (Phi) is 5.26. The van der Waals surface area contributed by atoms with Crippen LogP contribution in [0.2, 0.25) is 0 Å². The maximum Gasteiger partial charge on any atom is 0.305 e. The quantitative estimate of drug-likeness (QED) is 0.761. The highest BCUT2D eigenvalue weighted by atomic mass is 32.1. The van der Waals surface area contributed by atoms with Crippen LogP contribution in [-0.2, 0) is 4.79 Å². The molecule has 2 amide bonds. The minimum absolute atomic E-state index is 0.0742. The highest BCUT2D eigenvalue weighted by molar-refractivity contribution is 7.08. The number of carbonyl (C=O) groups excluding carboxylic acids is 2. The summed E-state index contributed by atoms with van der Waals surface area (Å²) in [6.07, 6.45) is -0.124. The van der Waals surface area contributed by atoms with Crippen molar-refractivity contribution in [3.8, 4) is 0 Å². The molecule has 0 aliphatic heterocycles. The Hall–Kier alpha value is -2.67. The first-order valence-electron chi connectivity index (χ1n) is 6.50. The van der Waals surface area contributed by atoms with Crippen molar-refractivity contribution >= 4 is 34.8 Å². The number of hydrogen-bond donors (Lipinski definition) is 3. The van der Waals surface area contributed by atoms with Crippen LogP contribution in [0.1, 0.15) is 27.1 Å². The van der Waals surface area contributed by atoms with E-state index in [4.69, 9.17) is 5.11 Å². The summed E-state index contributed by atoms with van der Waals surface area (Å²) in [6.45, 7) is 0.0742. The maximum absolute atomic E-state index is 11.9. The number of carboxylic acid groups (broad SMARTS) is 1. The van der Waals surface area contributed by atoms with E-state index >= 15 is 0 Å². The van der Waals surface area contributed by atoms with Crippen LogP contribution in [0.25, 0.3) is 0 Å². The van der Waals surface area contributed by atoms with Gasteiger partial charge in [0.25, 0.3) is 11.8 Å². The van der Waals surface area contributed by atoms with Crippen molar-refractivity contribution in [2.24, 2.45) is 0 Å². The molecule has 1 heterocycles. The van der Waals surface area contributed by atoms with Gasteiger partial charge in [0.1, 0.15) is 0 Å². The van der Waals surface area contributed by atoms with Crippen LogP contribution >= 0.6 is 11.3 Å². The van der Waals surface area contributed by atoms with Gasteiger partial charge in [0.05, 0.1) is 12.0 Å². The van der Waals surface area contributed by atoms with E-state index in [1.54, 1.807) is 35.7 Å². The molecule has 22 heavy (non-hydrogen) atoms. The summed E-state index contributed by atoms with van der Waals surface area (Å²) in [7, 11) is 0. The van der Waals surface area contributed by atoms with Crippen molar-refractivity contribution in [1.82, 2.24) is 5.32 Å². The number of thiophene rings is 1. The number of amides is 2. The fraction of sp³-hybridized carbons (Fsp3) is 0.133. The normalized spacial score (nSPS) is 10.0. The SMILES string of the molecule is O=C(O)CCNC(=O)c1ccc(NC(=O)c2ccsc2)cc1. The van der Waals surface area contributed by atoms with Crippen LogP contribution in [0, 0.1) is 0 Å². The highest BCUT2D eigenvalue weighted by Crippen LogP contribution is 2.13. The van der Waals surface area contributed by atoms with Gasteiger partial charge in [0.2, 0.25) is 0 Å². The lowest BCUT2D eigenvalue weighted by molar-refractivity contribution is -0.136. The molecule has 0 bridgehead atoms. The van der Waals surface area contributed by atoms with Crippen LogP contribution < -0.4 is 10.6 Å². The predicted molar refractivity (Wildman–Crippen MR) is 83.3 cm³/mol. The molecule has 0 radical (unpaired) electrons. The Morgan fingerprint density at radius 3 is 2.32 bits per heavy atom. The summed E-state index contributed by atoms with van der Waals surface area (Å²) in [5, 5.41) is 17.3. The minimum atomic E-state index is -0.966. The molecule has 114 valence electrons. The van der Waals surface area contributed by atoms with E-state index in [1.165, 1.54) is 11.3 Å². The predicted octanol–water partition coefficient (Wildman–Crippen LogP) is 2.20. The number of rotatable bonds is 6. The van der Waals surface area contributed by atoms with E-state index in [2.05, 4.69) is 10.6 Å². The Morgan fingerprint density at radius 1 is 1.00 bits per heavy atom. The standard InChI is InChI=1S/C15H14N2O4S/c18-13(19)5-7-16-14(20)10-1-3-12(4-2-10)17-15(21)11-6-8-22-9-11/h1-4,6,8-9H,5,7H2,(H,16,20)(H,17,21)(H,18,19). The second-order valence-electron chi connectivity index (χ2n) is 4.44. The third-order valence-electron chi connectivity index (χ3n) is 2.81. The number of anilines is 1. The van der Waals surface area contributed by atoms with Gasteiger partial charge in [-0.1, -0.05) is 0 Å². The lowest BCUT2D eigenvalue weighted by Gasteiger charge is -2.06. The molecule has 0 saturated carbocycles. The summed E-state index contributed by atoms with van der Waals surface area (Å²) in [6, 6.07) is 8.11. The third-order valence-corrected chi connectivity index (χ3v) is 3.50. The first-order valence-corrected chi connectivity index (χ1v) is 7.44. The van der Waals surface area contributed by atoms with E-state index in [9.17, 15) is 14.4 Å². The summed E-state index contributed by atoms with van der Waals surface area (Å²) in [4.78, 5) is 34.0. The summed E-state index contributed by atoms with van der Waals surface area (Å²) in [5.74, 6) is -1.52. The number of carbonyl (C=O) groups is 3. The Labute approximate surface area is 130 Å².